The predicted octanol–water partition coefficient (Wildman–Crippen LogP) is 3.49. The monoisotopic (exact) mass is 456 g/mol. The van der Waals surface area contributed by atoms with Crippen molar-refractivity contribution in [3.05, 3.63) is 0 Å². The minimum Gasteiger partial charge on any atom is -0.381 e. The average Bonchev–Trinajstić information content (AvgIpc) is 2.53. The zero-order chi connectivity index (χ0) is 17.3. The Balaban J connectivity index is 0. The van der Waals surface area contributed by atoms with Gasteiger partial charge in [-0.15, -0.1) is 24.0 Å². The summed E-state index contributed by atoms with van der Waals surface area (Å²) in [6, 6.07) is 0.626. The Labute approximate surface area is 167 Å². The SMILES string of the molecule is CCCCOCCCN=C(NCC)NCCCCN(C)C(C)C.I. The van der Waals surface area contributed by atoms with Gasteiger partial charge in [-0.3, -0.25) is 4.99 Å². The van der Waals surface area contributed by atoms with Gasteiger partial charge in [-0.1, -0.05) is 13.3 Å². The van der Waals surface area contributed by atoms with Gasteiger partial charge in [0.15, 0.2) is 5.96 Å². The van der Waals surface area contributed by atoms with Gasteiger partial charge in [0, 0.05) is 38.9 Å². The van der Waals surface area contributed by atoms with Crippen molar-refractivity contribution < 1.29 is 4.74 Å². The minimum atomic E-state index is 0. The van der Waals surface area contributed by atoms with E-state index in [2.05, 4.69) is 55.3 Å². The topological polar surface area (TPSA) is 48.9 Å². The Morgan fingerprint density at radius 1 is 1.04 bits per heavy atom. The maximum Gasteiger partial charge on any atom is 0.191 e. The molecule has 0 aromatic heterocycles. The molecule has 0 rings (SSSR count). The summed E-state index contributed by atoms with van der Waals surface area (Å²) in [5, 5.41) is 6.71. The minimum absolute atomic E-state index is 0. The van der Waals surface area contributed by atoms with Gasteiger partial charge in [0.05, 0.1) is 0 Å². The van der Waals surface area contributed by atoms with Crippen molar-refractivity contribution in [1.82, 2.24) is 15.5 Å². The van der Waals surface area contributed by atoms with Crippen LogP contribution in [0.1, 0.15) is 59.8 Å². The van der Waals surface area contributed by atoms with Crippen LogP contribution in [0.3, 0.4) is 0 Å². The van der Waals surface area contributed by atoms with E-state index in [1.165, 1.54) is 19.3 Å². The van der Waals surface area contributed by atoms with Crippen molar-refractivity contribution in [1.29, 1.82) is 0 Å². The fraction of sp³-hybridized carbons (Fsp3) is 0.944. The molecule has 0 fully saturated rings. The van der Waals surface area contributed by atoms with Gasteiger partial charge in [0.25, 0.3) is 0 Å². The summed E-state index contributed by atoms with van der Waals surface area (Å²) >= 11 is 0. The second-order valence-electron chi connectivity index (χ2n) is 6.29. The van der Waals surface area contributed by atoms with E-state index in [0.717, 1.165) is 58.2 Å². The van der Waals surface area contributed by atoms with Crippen molar-refractivity contribution in [3.63, 3.8) is 0 Å². The highest BCUT2D eigenvalue weighted by molar-refractivity contribution is 14.0. The first-order chi connectivity index (χ1) is 11.1. The van der Waals surface area contributed by atoms with E-state index in [-0.39, 0.29) is 24.0 Å². The van der Waals surface area contributed by atoms with Crippen molar-refractivity contribution >= 4 is 29.9 Å². The molecule has 0 spiro atoms. The highest BCUT2D eigenvalue weighted by Gasteiger charge is 2.02. The molecule has 0 aliphatic carbocycles. The number of aliphatic imine (C=N–C) groups is 1. The lowest BCUT2D eigenvalue weighted by atomic mass is 10.2. The number of rotatable bonds is 14. The van der Waals surface area contributed by atoms with Gasteiger partial charge in [-0.2, -0.15) is 0 Å². The first kappa shape index (κ1) is 26.2. The van der Waals surface area contributed by atoms with E-state index >= 15 is 0 Å². The standard InChI is InChI=1S/C18H40N4O.HI/c1-6-8-15-23-16-11-13-21-18(19-7-2)20-12-9-10-14-22(5)17(3)4;/h17H,6-16H2,1-5H3,(H2,19,20,21);1H. The molecule has 0 radical (unpaired) electrons. The Bertz CT molecular complexity index is 288. The van der Waals surface area contributed by atoms with Crippen LogP contribution in [-0.2, 0) is 4.74 Å². The number of hydrogen-bond donors (Lipinski definition) is 2. The van der Waals surface area contributed by atoms with Crippen molar-refractivity contribution in [2.45, 2.75) is 65.8 Å². The molecule has 6 heteroatoms. The second-order valence-corrected chi connectivity index (χ2v) is 6.29. The molecule has 5 nitrogen and oxygen atoms in total. The number of nitrogens with zero attached hydrogens (tertiary/aromatic N) is 2. The summed E-state index contributed by atoms with van der Waals surface area (Å²) in [6.45, 7) is 14.3. The molecular formula is C18H41IN4O. The second kappa shape index (κ2) is 19.2. The fourth-order valence-corrected chi connectivity index (χ4v) is 2.00. The Morgan fingerprint density at radius 2 is 1.75 bits per heavy atom. The van der Waals surface area contributed by atoms with Crippen molar-refractivity contribution in [2.75, 3.05) is 46.4 Å². The molecule has 0 unspecified atom stereocenters. The summed E-state index contributed by atoms with van der Waals surface area (Å²) in [6.07, 6.45) is 5.71. The first-order valence-electron chi connectivity index (χ1n) is 9.41. The molecule has 0 atom stereocenters. The zero-order valence-corrected chi connectivity index (χ0v) is 18.9. The zero-order valence-electron chi connectivity index (χ0n) is 16.6. The summed E-state index contributed by atoms with van der Waals surface area (Å²) in [4.78, 5) is 6.98. The third kappa shape index (κ3) is 16.8. The lowest BCUT2D eigenvalue weighted by molar-refractivity contribution is 0.130. The summed E-state index contributed by atoms with van der Waals surface area (Å²) in [5.41, 5.74) is 0. The van der Waals surface area contributed by atoms with Crippen LogP contribution < -0.4 is 10.6 Å². The molecule has 0 aromatic carbocycles. The van der Waals surface area contributed by atoms with Crippen molar-refractivity contribution in [3.8, 4) is 0 Å². The lowest BCUT2D eigenvalue weighted by Crippen LogP contribution is -2.38. The van der Waals surface area contributed by atoms with E-state index in [1.807, 2.05) is 0 Å². The Hall–Kier alpha value is -0.0800. The number of halogens is 1. The molecule has 0 amide bonds. The normalized spacial score (nSPS) is 11.7. The third-order valence-electron chi connectivity index (χ3n) is 3.81. The average molecular weight is 456 g/mol. The van der Waals surface area contributed by atoms with Crippen molar-refractivity contribution in [2.24, 2.45) is 4.99 Å². The number of unbranched alkanes of at least 4 members (excludes halogenated alkanes) is 2. The molecule has 0 aliphatic heterocycles. The van der Waals surface area contributed by atoms with Crippen LogP contribution in [0.4, 0.5) is 0 Å². The maximum atomic E-state index is 5.56. The molecule has 0 aromatic rings. The van der Waals surface area contributed by atoms with Crippen LogP contribution in [0, 0.1) is 0 Å². The van der Waals surface area contributed by atoms with E-state index in [1.54, 1.807) is 0 Å². The quantitative estimate of drug-likeness (QED) is 0.182. The van der Waals surface area contributed by atoms with Crippen LogP contribution in [0.5, 0.6) is 0 Å². The van der Waals surface area contributed by atoms with Gasteiger partial charge in [-0.05, 0) is 60.0 Å². The van der Waals surface area contributed by atoms with Gasteiger partial charge in [-0.25, -0.2) is 0 Å². The number of nitrogens with one attached hydrogen (secondary N) is 2. The molecule has 0 saturated heterocycles. The van der Waals surface area contributed by atoms with E-state index < -0.39 is 0 Å². The highest BCUT2D eigenvalue weighted by Crippen LogP contribution is 1.97. The molecule has 24 heavy (non-hydrogen) atoms. The first-order valence-corrected chi connectivity index (χ1v) is 9.41. The number of hydrogen-bond acceptors (Lipinski definition) is 3. The van der Waals surface area contributed by atoms with Crippen LogP contribution in [0.15, 0.2) is 4.99 Å². The van der Waals surface area contributed by atoms with Gasteiger partial charge >= 0.3 is 0 Å². The molecule has 0 aliphatic rings. The van der Waals surface area contributed by atoms with Crippen LogP contribution >= 0.6 is 24.0 Å². The fourth-order valence-electron chi connectivity index (χ4n) is 2.00. The highest BCUT2D eigenvalue weighted by atomic mass is 127. The number of ether oxygens (including phenoxy) is 1. The molecule has 0 heterocycles. The predicted molar refractivity (Wildman–Crippen MR) is 117 cm³/mol. The Kier molecular flexibility index (Phi) is 21.0. The van der Waals surface area contributed by atoms with Crippen LogP contribution in [0.25, 0.3) is 0 Å². The third-order valence-corrected chi connectivity index (χ3v) is 3.81. The van der Waals surface area contributed by atoms with Gasteiger partial charge in [0.2, 0.25) is 0 Å². The maximum absolute atomic E-state index is 5.56. The van der Waals surface area contributed by atoms with Crippen LogP contribution in [0.2, 0.25) is 0 Å². The lowest BCUT2D eigenvalue weighted by Gasteiger charge is -2.20. The molecule has 0 saturated carbocycles. The Morgan fingerprint density at radius 3 is 2.38 bits per heavy atom. The summed E-state index contributed by atoms with van der Waals surface area (Å²) < 4.78 is 5.56. The summed E-state index contributed by atoms with van der Waals surface area (Å²) in [5.74, 6) is 0.929. The molecule has 0 bridgehead atoms. The molecular weight excluding hydrogens is 415 g/mol. The van der Waals surface area contributed by atoms with E-state index in [0.29, 0.717) is 6.04 Å². The van der Waals surface area contributed by atoms with Gasteiger partial charge in [0.1, 0.15) is 0 Å². The molecule has 146 valence electrons. The molecule has 2 N–H and O–H groups in total. The summed E-state index contributed by atoms with van der Waals surface area (Å²) in [7, 11) is 2.19. The van der Waals surface area contributed by atoms with E-state index in [9.17, 15) is 0 Å². The van der Waals surface area contributed by atoms with Gasteiger partial charge < -0.3 is 20.3 Å². The largest absolute Gasteiger partial charge is 0.381 e. The van der Waals surface area contributed by atoms with E-state index in [4.69, 9.17) is 4.74 Å². The van der Waals surface area contributed by atoms with Crippen LogP contribution in [-0.4, -0.2) is 63.3 Å². The number of guanidine groups is 1. The smallest absolute Gasteiger partial charge is 0.191 e.